The molecule has 2 aliphatic heterocycles. The van der Waals surface area contributed by atoms with E-state index in [-0.39, 0.29) is 5.91 Å². The zero-order valence-corrected chi connectivity index (χ0v) is 14.1. The van der Waals surface area contributed by atoms with E-state index in [9.17, 15) is 4.79 Å². The predicted molar refractivity (Wildman–Crippen MR) is 94.9 cm³/mol. The maximum atomic E-state index is 12.3. The number of piperazine rings is 1. The van der Waals surface area contributed by atoms with Crippen LogP contribution >= 0.6 is 0 Å². The fourth-order valence-corrected chi connectivity index (χ4v) is 3.69. The number of rotatable bonds is 2. The molecule has 0 unspecified atom stereocenters. The van der Waals surface area contributed by atoms with Crippen LogP contribution in [0.25, 0.3) is 0 Å². The van der Waals surface area contributed by atoms with Gasteiger partial charge in [0, 0.05) is 51.1 Å². The van der Waals surface area contributed by atoms with E-state index < -0.39 is 0 Å². The number of nitrogens with zero attached hydrogens (tertiary/aromatic N) is 3. The third-order valence-electron chi connectivity index (χ3n) is 5.08. The summed E-state index contributed by atoms with van der Waals surface area (Å²) in [6.07, 6.45) is 3.93. The number of aryl methyl sites for hydroxylation is 1. The Morgan fingerprint density at radius 3 is 2.67 bits per heavy atom. The molecule has 1 aromatic heterocycles. The van der Waals surface area contributed by atoms with Crippen LogP contribution in [0.15, 0.2) is 41.0 Å². The lowest BCUT2D eigenvalue weighted by molar-refractivity contribution is 0.0714. The highest BCUT2D eigenvalue weighted by atomic mass is 16.3. The van der Waals surface area contributed by atoms with Crippen molar-refractivity contribution in [3.05, 3.63) is 47.9 Å². The second-order valence-electron chi connectivity index (χ2n) is 6.59. The van der Waals surface area contributed by atoms with Gasteiger partial charge in [0.1, 0.15) is 0 Å². The van der Waals surface area contributed by atoms with Gasteiger partial charge >= 0.3 is 0 Å². The lowest BCUT2D eigenvalue weighted by Crippen LogP contribution is -2.48. The molecule has 126 valence electrons. The normalized spacial score (nSPS) is 17.8. The van der Waals surface area contributed by atoms with E-state index in [0.717, 1.165) is 39.1 Å². The predicted octanol–water partition coefficient (Wildman–Crippen LogP) is 2.62. The van der Waals surface area contributed by atoms with Gasteiger partial charge in [-0.3, -0.25) is 4.79 Å². The number of anilines is 2. The minimum atomic E-state index is -0.00767. The maximum Gasteiger partial charge on any atom is 0.289 e. The van der Waals surface area contributed by atoms with E-state index in [1.807, 2.05) is 4.90 Å². The minimum absolute atomic E-state index is 0.00767. The molecule has 3 heterocycles. The van der Waals surface area contributed by atoms with Crippen LogP contribution in [0.1, 0.15) is 22.5 Å². The molecule has 0 atom stereocenters. The number of amides is 1. The summed E-state index contributed by atoms with van der Waals surface area (Å²) in [5, 5.41) is 0. The first kappa shape index (κ1) is 15.1. The molecule has 0 saturated carbocycles. The Balaban J connectivity index is 1.43. The zero-order chi connectivity index (χ0) is 16.5. The molecule has 0 N–H and O–H groups in total. The van der Waals surface area contributed by atoms with E-state index in [1.54, 1.807) is 18.4 Å². The van der Waals surface area contributed by atoms with Crippen LogP contribution in [-0.2, 0) is 6.42 Å². The van der Waals surface area contributed by atoms with Gasteiger partial charge in [0.25, 0.3) is 5.91 Å². The molecule has 24 heavy (non-hydrogen) atoms. The van der Waals surface area contributed by atoms with E-state index in [1.165, 1.54) is 23.4 Å². The molecule has 0 aliphatic carbocycles. The van der Waals surface area contributed by atoms with Gasteiger partial charge in [0.2, 0.25) is 0 Å². The topological polar surface area (TPSA) is 39.9 Å². The molecular formula is C19H23N3O2. The fraction of sp³-hybridized carbons (Fsp3) is 0.421. The smallest absolute Gasteiger partial charge is 0.289 e. The largest absolute Gasteiger partial charge is 0.459 e. The van der Waals surface area contributed by atoms with Crippen molar-refractivity contribution in [2.24, 2.45) is 0 Å². The number of carbonyl (C=O) groups is 1. The minimum Gasteiger partial charge on any atom is -0.459 e. The van der Waals surface area contributed by atoms with Gasteiger partial charge in [-0.25, -0.2) is 0 Å². The van der Waals surface area contributed by atoms with Crippen molar-refractivity contribution >= 4 is 17.3 Å². The standard InChI is InChI=1S/C19H23N3O2/c1-20-8-2-4-15-14-16(6-7-17(15)20)21-9-11-22(12-10-21)19(23)18-5-3-13-24-18/h3,5-7,13-14H,2,4,8-12H2,1H3. The van der Waals surface area contributed by atoms with Crippen molar-refractivity contribution in [2.75, 3.05) is 49.6 Å². The van der Waals surface area contributed by atoms with Crippen LogP contribution in [-0.4, -0.2) is 50.6 Å². The van der Waals surface area contributed by atoms with E-state index in [2.05, 4.69) is 35.0 Å². The van der Waals surface area contributed by atoms with E-state index >= 15 is 0 Å². The van der Waals surface area contributed by atoms with Crippen molar-refractivity contribution in [2.45, 2.75) is 12.8 Å². The summed E-state index contributed by atoms with van der Waals surface area (Å²) < 4.78 is 5.22. The van der Waals surface area contributed by atoms with Crippen molar-refractivity contribution < 1.29 is 9.21 Å². The summed E-state index contributed by atoms with van der Waals surface area (Å²) in [7, 11) is 2.16. The Morgan fingerprint density at radius 2 is 1.92 bits per heavy atom. The number of fused-ring (bicyclic) bond motifs is 1. The summed E-state index contributed by atoms with van der Waals surface area (Å²) in [6, 6.07) is 10.3. The first-order valence-electron chi connectivity index (χ1n) is 8.64. The molecule has 1 aromatic carbocycles. The van der Waals surface area contributed by atoms with E-state index in [4.69, 9.17) is 4.42 Å². The molecule has 1 amide bonds. The lowest BCUT2D eigenvalue weighted by Gasteiger charge is -2.36. The van der Waals surface area contributed by atoms with Gasteiger partial charge in [0.05, 0.1) is 6.26 Å². The Labute approximate surface area is 142 Å². The third-order valence-corrected chi connectivity index (χ3v) is 5.08. The molecule has 0 bridgehead atoms. The zero-order valence-electron chi connectivity index (χ0n) is 14.1. The average Bonchev–Trinajstić information content (AvgIpc) is 3.16. The van der Waals surface area contributed by atoms with E-state index in [0.29, 0.717) is 5.76 Å². The number of benzene rings is 1. The number of furan rings is 1. The number of carbonyl (C=O) groups excluding carboxylic acids is 1. The molecule has 2 aromatic rings. The van der Waals surface area contributed by atoms with Gasteiger partial charge in [-0.05, 0) is 48.7 Å². The fourth-order valence-electron chi connectivity index (χ4n) is 3.69. The quantitative estimate of drug-likeness (QED) is 0.851. The molecule has 5 heteroatoms. The summed E-state index contributed by atoms with van der Waals surface area (Å²) in [4.78, 5) is 18.9. The highest BCUT2D eigenvalue weighted by molar-refractivity contribution is 5.91. The highest BCUT2D eigenvalue weighted by Crippen LogP contribution is 2.30. The summed E-state index contributed by atoms with van der Waals surface area (Å²) in [5.74, 6) is 0.423. The molecule has 0 radical (unpaired) electrons. The van der Waals surface area contributed by atoms with Crippen LogP contribution in [0.5, 0.6) is 0 Å². The molecule has 2 aliphatic rings. The highest BCUT2D eigenvalue weighted by Gasteiger charge is 2.24. The summed E-state index contributed by atoms with van der Waals surface area (Å²) in [6.45, 7) is 4.33. The molecular weight excluding hydrogens is 302 g/mol. The van der Waals surface area contributed by atoms with Gasteiger partial charge in [-0.15, -0.1) is 0 Å². The second-order valence-corrected chi connectivity index (χ2v) is 6.59. The SMILES string of the molecule is CN1CCCc2cc(N3CCN(C(=O)c4ccco4)CC3)ccc21. The average molecular weight is 325 g/mol. The first-order valence-corrected chi connectivity index (χ1v) is 8.64. The van der Waals surface area contributed by atoms with Gasteiger partial charge in [-0.2, -0.15) is 0 Å². The van der Waals surface area contributed by atoms with Crippen LogP contribution < -0.4 is 9.80 Å². The van der Waals surface area contributed by atoms with Crippen LogP contribution in [0.3, 0.4) is 0 Å². The Kier molecular flexibility index (Phi) is 3.92. The van der Waals surface area contributed by atoms with Crippen molar-refractivity contribution in [3.8, 4) is 0 Å². The summed E-state index contributed by atoms with van der Waals surface area (Å²) in [5.41, 5.74) is 4.07. The molecule has 1 fully saturated rings. The number of hydrogen-bond acceptors (Lipinski definition) is 4. The molecule has 5 nitrogen and oxygen atoms in total. The van der Waals surface area contributed by atoms with Gasteiger partial charge < -0.3 is 19.1 Å². The summed E-state index contributed by atoms with van der Waals surface area (Å²) >= 11 is 0. The Hall–Kier alpha value is -2.43. The first-order chi connectivity index (χ1) is 11.7. The monoisotopic (exact) mass is 325 g/mol. The van der Waals surface area contributed by atoms with Crippen LogP contribution in [0, 0.1) is 0 Å². The van der Waals surface area contributed by atoms with Gasteiger partial charge in [0.15, 0.2) is 5.76 Å². The Morgan fingerprint density at radius 1 is 1.08 bits per heavy atom. The maximum absolute atomic E-state index is 12.3. The molecule has 4 rings (SSSR count). The number of hydrogen-bond donors (Lipinski definition) is 0. The van der Waals surface area contributed by atoms with Gasteiger partial charge in [-0.1, -0.05) is 0 Å². The van der Waals surface area contributed by atoms with Crippen LogP contribution in [0.4, 0.5) is 11.4 Å². The Bertz CT molecular complexity index is 718. The van der Waals surface area contributed by atoms with Crippen molar-refractivity contribution in [1.82, 2.24) is 4.90 Å². The van der Waals surface area contributed by atoms with Crippen LogP contribution in [0.2, 0.25) is 0 Å². The third kappa shape index (κ3) is 2.75. The lowest BCUT2D eigenvalue weighted by atomic mass is 10.0. The van der Waals surface area contributed by atoms with Crippen molar-refractivity contribution in [1.29, 1.82) is 0 Å². The molecule has 0 spiro atoms. The molecule has 1 saturated heterocycles. The van der Waals surface area contributed by atoms with Crippen molar-refractivity contribution in [3.63, 3.8) is 0 Å². The second kappa shape index (κ2) is 6.23.